The Labute approximate surface area is 68.4 Å². The molecule has 3 nitrogen and oxygen atoms in total. The zero-order valence-corrected chi connectivity index (χ0v) is 8.22. The van der Waals surface area contributed by atoms with E-state index in [1.54, 1.807) is 14.0 Å². The molecule has 0 spiro atoms. The van der Waals surface area contributed by atoms with Crippen molar-refractivity contribution in [3.8, 4) is 0 Å². The van der Waals surface area contributed by atoms with Crippen molar-refractivity contribution in [3.63, 3.8) is 0 Å². The summed E-state index contributed by atoms with van der Waals surface area (Å²) in [7, 11) is -1.32. The molecule has 0 radical (unpaired) electrons. The number of nitrogens with zero attached hydrogens (tertiary/aromatic N) is 1. The van der Waals surface area contributed by atoms with E-state index in [0.717, 1.165) is 0 Å². The summed E-state index contributed by atoms with van der Waals surface area (Å²) in [5, 5.41) is -0.220. The van der Waals surface area contributed by atoms with Crippen LogP contribution in [-0.2, 0) is 10.0 Å². The molecular formula is C7H15NO2S. The monoisotopic (exact) mass is 177 g/mol. The second-order valence-corrected chi connectivity index (χ2v) is 5.72. The average Bonchev–Trinajstić information content (AvgIpc) is 2.06. The summed E-state index contributed by atoms with van der Waals surface area (Å²) in [6.07, 6.45) is 0. The van der Waals surface area contributed by atoms with Crippen LogP contribution in [0.2, 0.25) is 0 Å². The highest BCUT2D eigenvalue weighted by Gasteiger charge is 2.43. The summed E-state index contributed by atoms with van der Waals surface area (Å²) in [6, 6.07) is 0.148. The fraction of sp³-hybridized carbons (Fsp3) is 1.00. The van der Waals surface area contributed by atoms with Gasteiger partial charge in [0.25, 0.3) is 0 Å². The first-order valence-corrected chi connectivity index (χ1v) is 5.36. The van der Waals surface area contributed by atoms with E-state index >= 15 is 0 Å². The number of sulfonamides is 1. The molecule has 0 unspecified atom stereocenters. The summed E-state index contributed by atoms with van der Waals surface area (Å²) >= 11 is 0. The van der Waals surface area contributed by atoms with Crippen molar-refractivity contribution in [2.45, 2.75) is 32.1 Å². The second kappa shape index (κ2) is 2.45. The summed E-state index contributed by atoms with van der Waals surface area (Å²) < 4.78 is 24.4. The van der Waals surface area contributed by atoms with Gasteiger partial charge < -0.3 is 0 Å². The highest BCUT2D eigenvalue weighted by molar-refractivity contribution is 7.90. The van der Waals surface area contributed by atoms with E-state index in [1.807, 2.05) is 13.8 Å². The van der Waals surface area contributed by atoms with Crippen LogP contribution in [0, 0.1) is 5.92 Å². The van der Waals surface area contributed by atoms with E-state index in [1.165, 1.54) is 4.31 Å². The van der Waals surface area contributed by atoms with Gasteiger partial charge in [0.15, 0.2) is 0 Å². The average molecular weight is 177 g/mol. The van der Waals surface area contributed by atoms with Gasteiger partial charge in [0, 0.05) is 13.1 Å². The molecule has 1 rings (SSSR count). The van der Waals surface area contributed by atoms with Crippen LogP contribution in [0.5, 0.6) is 0 Å². The number of hydrogen-bond donors (Lipinski definition) is 0. The van der Waals surface area contributed by atoms with Crippen LogP contribution >= 0.6 is 0 Å². The van der Waals surface area contributed by atoms with Crippen molar-refractivity contribution < 1.29 is 8.42 Å². The molecule has 1 heterocycles. The van der Waals surface area contributed by atoms with Crippen molar-refractivity contribution in [2.75, 3.05) is 7.05 Å². The van der Waals surface area contributed by atoms with Gasteiger partial charge in [-0.2, -0.15) is 0 Å². The van der Waals surface area contributed by atoms with Crippen LogP contribution < -0.4 is 0 Å². The molecule has 4 heteroatoms. The van der Waals surface area contributed by atoms with Crippen LogP contribution in [-0.4, -0.2) is 31.1 Å². The molecular weight excluding hydrogens is 162 g/mol. The molecule has 0 aromatic heterocycles. The Morgan fingerprint density at radius 3 is 1.73 bits per heavy atom. The van der Waals surface area contributed by atoms with Crippen LogP contribution in [0.25, 0.3) is 0 Å². The maximum atomic E-state index is 11.4. The Kier molecular flexibility index (Phi) is 2.01. The van der Waals surface area contributed by atoms with Gasteiger partial charge >= 0.3 is 0 Å². The molecule has 0 aromatic carbocycles. The fourth-order valence-electron chi connectivity index (χ4n) is 1.49. The Hall–Kier alpha value is -0.0900. The van der Waals surface area contributed by atoms with Crippen LogP contribution in [0.4, 0.5) is 0 Å². The lowest BCUT2D eigenvalue weighted by molar-refractivity contribution is 0.352. The minimum Gasteiger partial charge on any atom is -0.212 e. The van der Waals surface area contributed by atoms with Gasteiger partial charge in [0.2, 0.25) is 10.0 Å². The van der Waals surface area contributed by atoms with Crippen LogP contribution in [0.15, 0.2) is 0 Å². The molecule has 3 atom stereocenters. The Morgan fingerprint density at radius 2 is 1.64 bits per heavy atom. The normalized spacial score (nSPS) is 44.5. The first-order valence-electron chi connectivity index (χ1n) is 3.86. The van der Waals surface area contributed by atoms with Gasteiger partial charge in [0.1, 0.15) is 0 Å². The zero-order valence-electron chi connectivity index (χ0n) is 7.40. The largest absolute Gasteiger partial charge is 0.217 e. The van der Waals surface area contributed by atoms with E-state index in [-0.39, 0.29) is 17.2 Å². The van der Waals surface area contributed by atoms with E-state index in [0.29, 0.717) is 0 Å². The van der Waals surface area contributed by atoms with E-state index in [4.69, 9.17) is 0 Å². The molecule has 1 aliphatic rings. The van der Waals surface area contributed by atoms with E-state index in [2.05, 4.69) is 0 Å². The summed E-state index contributed by atoms with van der Waals surface area (Å²) in [6.45, 7) is 5.71. The first-order chi connectivity index (χ1) is 4.89. The standard InChI is InChI=1S/C7H15NO2S/c1-5-6(2)8(4)11(9,10)7(5)3/h5-7H,1-4H3/t5-,6+,7+/m0/s1. The topological polar surface area (TPSA) is 37.4 Å². The third-order valence-electron chi connectivity index (χ3n) is 2.95. The molecule has 0 N–H and O–H groups in total. The molecule has 0 aromatic rings. The van der Waals surface area contributed by atoms with Gasteiger partial charge in [-0.25, -0.2) is 12.7 Å². The molecule has 0 bridgehead atoms. The number of hydrogen-bond acceptors (Lipinski definition) is 2. The lowest BCUT2D eigenvalue weighted by Gasteiger charge is -2.14. The maximum Gasteiger partial charge on any atom is 0.217 e. The molecule has 1 saturated heterocycles. The second-order valence-electron chi connectivity index (χ2n) is 3.37. The van der Waals surface area contributed by atoms with Crippen LogP contribution in [0.1, 0.15) is 20.8 Å². The summed E-state index contributed by atoms with van der Waals surface area (Å²) in [5.74, 6) is 0.241. The van der Waals surface area contributed by atoms with E-state index < -0.39 is 10.0 Å². The first kappa shape index (κ1) is 9.00. The predicted molar refractivity (Wildman–Crippen MR) is 44.8 cm³/mol. The lowest BCUT2D eigenvalue weighted by atomic mass is 10.0. The lowest BCUT2D eigenvalue weighted by Crippen LogP contribution is -2.28. The minimum atomic E-state index is -2.97. The molecule has 11 heavy (non-hydrogen) atoms. The Morgan fingerprint density at radius 1 is 1.18 bits per heavy atom. The predicted octanol–water partition coefficient (Wildman–Crippen LogP) is 0.675. The van der Waals surface area contributed by atoms with Crippen molar-refractivity contribution in [2.24, 2.45) is 5.92 Å². The van der Waals surface area contributed by atoms with Gasteiger partial charge in [-0.15, -0.1) is 0 Å². The molecule has 66 valence electrons. The SMILES string of the molecule is C[C@H]1[C@@H](C)N(C)S(=O)(=O)[C@@H]1C. The highest BCUT2D eigenvalue weighted by Crippen LogP contribution is 2.30. The van der Waals surface area contributed by atoms with Gasteiger partial charge in [-0.1, -0.05) is 6.92 Å². The quantitative estimate of drug-likeness (QED) is 0.545. The van der Waals surface area contributed by atoms with Gasteiger partial charge in [-0.05, 0) is 19.8 Å². The van der Waals surface area contributed by atoms with Gasteiger partial charge in [0.05, 0.1) is 5.25 Å². The maximum absolute atomic E-state index is 11.4. The van der Waals surface area contributed by atoms with Crippen molar-refractivity contribution >= 4 is 10.0 Å². The minimum absolute atomic E-state index is 0.148. The Bertz CT molecular complexity index is 227. The fourth-order valence-corrected chi connectivity index (χ4v) is 3.44. The summed E-state index contributed by atoms with van der Waals surface area (Å²) in [4.78, 5) is 0. The van der Waals surface area contributed by atoms with Gasteiger partial charge in [-0.3, -0.25) is 0 Å². The number of rotatable bonds is 0. The molecule has 0 aliphatic carbocycles. The summed E-state index contributed by atoms with van der Waals surface area (Å²) in [5.41, 5.74) is 0. The molecule has 0 saturated carbocycles. The third-order valence-corrected chi connectivity index (χ3v) is 5.45. The molecule has 0 amide bonds. The highest BCUT2D eigenvalue weighted by atomic mass is 32.2. The molecule has 1 fully saturated rings. The van der Waals surface area contributed by atoms with Crippen molar-refractivity contribution in [1.82, 2.24) is 4.31 Å². The Balaban J connectivity index is 3.06. The third kappa shape index (κ3) is 1.08. The van der Waals surface area contributed by atoms with Crippen molar-refractivity contribution in [3.05, 3.63) is 0 Å². The smallest absolute Gasteiger partial charge is 0.212 e. The zero-order chi connectivity index (χ0) is 8.81. The van der Waals surface area contributed by atoms with Crippen LogP contribution in [0.3, 0.4) is 0 Å². The molecule has 1 aliphatic heterocycles. The van der Waals surface area contributed by atoms with Crippen molar-refractivity contribution in [1.29, 1.82) is 0 Å². The van der Waals surface area contributed by atoms with E-state index in [9.17, 15) is 8.42 Å².